The summed E-state index contributed by atoms with van der Waals surface area (Å²) in [6.07, 6.45) is 4.75. The second-order valence-corrected chi connectivity index (χ2v) is 10.7. The molecular formula is C33H37NO5. The lowest BCUT2D eigenvalue weighted by atomic mass is 9.78. The molecule has 2 aliphatic rings. The summed E-state index contributed by atoms with van der Waals surface area (Å²) in [6.45, 7) is 5.02. The van der Waals surface area contributed by atoms with Crippen LogP contribution >= 0.6 is 0 Å². The second kappa shape index (κ2) is 12.0. The number of amides is 1. The highest BCUT2D eigenvalue weighted by molar-refractivity contribution is 5.95. The van der Waals surface area contributed by atoms with E-state index < -0.39 is 17.8 Å². The van der Waals surface area contributed by atoms with Gasteiger partial charge in [0.1, 0.15) is 5.75 Å². The van der Waals surface area contributed by atoms with Crippen LogP contribution in [-0.4, -0.2) is 29.7 Å². The number of ether oxygens (including phenoxy) is 2. The van der Waals surface area contributed by atoms with E-state index in [0.29, 0.717) is 31.7 Å². The first kappa shape index (κ1) is 26.9. The van der Waals surface area contributed by atoms with E-state index in [1.165, 1.54) is 11.1 Å². The van der Waals surface area contributed by atoms with E-state index >= 15 is 0 Å². The SMILES string of the molecule is CCOc1cccc(-c2ccc(NC(=O)C3CCCCC3C(=O)O)cc2COC2Cc3ccccc3C2)c1C. The van der Waals surface area contributed by atoms with Crippen molar-refractivity contribution in [3.8, 4) is 16.9 Å². The Bertz CT molecular complexity index is 1320. The maximum atomic E-state index is 13.2. The van der Waals surface area contributed by atoms with Gasteiger partial charge >= 0.3 is 5.97 Å². The second-order valence-electron chi connectivity index (χ2n) is 10.7. The fourth-order valence-corrected chi connectivity index (χ4v) is 6.09. The summed E-state index contributed by atoms with van der Waals surface area (Å²) in [6, 6.07) is 20.4. The maximum absolute atomic E-state index is 13.2. The lowest BCUT2D eigenvalue weighted by Crippen LogP contribution is -2.36. The Balaban J connectivity index is 1.41. The molecule has 2 unspecified atom stereocenters. The average Bonchev–Trinajstić information content (AvgIpc) is 3.36. The third kappa shape index (κ3) is 6.01. The van der Waals surface area contributed by atoms with Crippen LogP contribution in [0.3, 0.4) is 0 Å². The van der Waals surface area contributed by atoms with Crippen LogP contribution in [0.2, 0.25) is 0 Å². The van der Waals surface area contributed by atoms with E-state index in [4.69, 9.17) is 9.47 Å². The highest BCUT2D eigenvalue weighted by Crippen LogP contribution is 2.36. The zero-order valence-corrected chi connectivity index (χ0v) is 22.7. The van der Waals surface area contributed by atoms with Gasteiger partial charge < -0.3 is 19.9 Å². The number of rotatable bonds is 9. The monoisotopic (exact) mass is 527 g/mol. The Hall–Kier alpha value is -3.64. The van der Waals surface area contributed by atoms with Crippen LogP contribution in [0.25, 0.3) is 11.1 Å². The summed E-state index contributed by atoms with van der Waals surface area (Å²) in [7, 11) is 0. The minimum atomic E-state index is -0.887. The van der Waals surface area contributed by atoms with E-state index in [0.717, 1.165) is 53.7 Å². The summed E-state index contributed by atoms with van der Waals surface area (Å²) in [5.41, 5.74) is 7.45. The summed E-state index contributed by atoms with van der Waals surface area (Å²) in [5.74, 6) is -1.40. The van der Waals surface area contributed by atoms with Gasteiger partial charge in [0.15, 0.2) is 0 Å². The maximum Gasteiger partial charge on any atom is 0.307 e. The van der Waals surface area contributed by atoms with Gasteiger partial charge in [-0.3, -0.25) is 9.59 Å². The molecule has 3 aromatic rings. The highest BCUT2D eigenvalue weighted by Gasteiger charge is 2.35. The standard InChI is InChI=1S/C33H37NO5/c1-3-38-31-14-8-13-27(21(31)2)28-16-15-25(34-32(35)29-11-6-7-12-30(29)33(36)37)17-24(28)20-39-26-18-22-9-4-5-10-23(22)19-26/h4-5,8-10,13-17,26,29-30H,3,6-7,11-12,18-20H2,1-2H3,(H,34,35)(H,36,37). The number of hydrogen-bond acceptors (Lipinski definition) is 4. The Kier molecular flexibility index (Phi) is 8.32. The normalized spacial score (nSPS) is 18.9. The predicted molar refractivity (Wildman–Crippen MR) is 152 cm³/mol. The molecule has 39 heavy (non-hydrogen) atoms. The molecule has 0 aliphatic heterocycles. The molecule has 0 bridgehead atoms. The fraction of sp³-hybridized carbons (Fsp3) is 0.394. The van der Waals surface area contributed by atoms with Crippen LogP contribution in [0, 0.1) is 18.8 Å². The number of hydrogen-bond donors (Lipinski definition) is 2. The lowest BCUT2D eigenvalue weighted by Gasteiger charge is -2.27. The molecule has 6 heteroatoms. The molecule has 204 valence electrons. The van der Waals surface area contributed by atoms with Crippen LogP contribution < -0.4 is 10.1 Å². The molecule has 2 aliphatic carbocycles. The Morgan fingerprint density at radius 1 is 0.923 bits per heavy atom. The van der Waals surface area contributed by atoms with E-state index in [1.807, 2.05) is 37.3 Å². The Morgan fingerprint density at radius 3 is 2.33 bits per heavy atom. The number of aliphatic carboxylic acids is 1. The van der Waals surface area contributed by atoms with Crippen molar-refractivity contribution in [3.63, 3.8) is 0 Å². The van der Waals surface area contributed by atoms with Gasteiger partial charge in [-0.25, -0.2) is 0 Å². The molecular weight excluding hydrogens is 490 g/mol. The minimum absolute atomic E-state index is 0.0999. The van der Waals surface area contributed by atoms with E-state index in [2.05, 4.69) is 42.6 Å². The van der Waals surface area contributed by atoms with E-state index in [-0.39, 0.29) is 12.0 Å². The smallest absolute Gasteiger partial charge is 0.307 e. The number of benzene rings is 3. The summed E-state index contributed by atoms with van der Waals surface area (Å²) < 4.78 is 12.3. The molecule has 2 atom stereocenters. The van der Waals surface area contributed by atoms with Crippen molar-refractivity contribution < 1.29 is 24.2 Å². The van der Waals surface area contributed by atoms with Crippen LogP contribution in [0.15, 0.2) is 60.7 Å². The first-order valence-corrected chi connectivity index (χ1v) is 14.0. The molecule has 5 rings (SSSR count). The van der Waals surface area contributed by atoms with Crippen LogP contribution in [0.1, 0.15) is 54.9 Å². The number of carboxylic acids is 1. The van der Waals surface area contributed by atoms with Crippen LogP contribution in [0.4, 0.5) is 5.69 Å². The molecule has 2 N–H and O–H groups in total. The van der Waals surface area contributed by atoms with Gasteiger partial charge in [0.05, 0.1) is 31.2 Å². The number of carbonyl (C=O) groups excluding carboxylic acids is 1. The molecule has 0 saturated heterocycles. The van der Waals surface area contributed by atoms with Crippen molar-refractivity contribution in [2.24, 2.45) is 11.8 Å². The topological polar surface area (TPSA) is 84.9 Å². The third-order valence-corrected chi connectivity index (χ3v) is 8.15. The van der Waals surface area contributed by atoms with Gasteiger partial charge in [-0.05, 0) is 91.1 Å². The predicted octanol–water partition coefficient (Wildman–Crippen LogP) is 6.57. The van der Waals surface area contributed by atoms with Crippen LogP contribution in [0.5, 0.6) is 5.75 Å². The zero-order chi connectivity index (χ0) is 27.4. The summed E-state index contributed by atoms with van der Waals surface area (Å²) in [4.78, 5) is 25.0. The van der Waals surface area contributed by atoms with Crippen molar-refractivity contribution in [1.29, 1.82) is 0 Å². The van der Waals surface area contributed by atoms with Crippen molar-refractivity contribution in [3.05, 3.63) is 82.9 Å². The number of anilines is 1. The van der Waals surface area contributed by atoms with E-state index in [9.17, 15) is 14.7 Å². The quantitative estimate of drug-likeness (QED) is 0.329. The van der Waals surface area contributed by atoms with Crippen molar-refractivity contribution in [2.75, 3.05) is 11.9 Å². The molecule has 3 aromatic carbocycles. The molecule has 1 fully saturated rings. The van der Waals surface area contributed by atoms with Gasteiger partial charge in [0.2, 0.25) is 5.91 Å². The molecule has 0 aromatic heterocycles. The lowest BCUT2D eigenvalue weighted by molar-refractivity contribution is -0.147. The Labute approximate surface area is 230 Å². The fourth-order valence-electron chi connectivity index (χ4n) is 6.09. The third-order valence-electron chi connectivity index (χ3n) is 8.15. The zero-order valence-electron chi connectivity index (χ0n) is 22.7. The van der Waals surface area contributed by atoms with Crippen LogP contribution in [-0.2, 0) is 33.8 Å². The molecule has 1 amide bonds. The van der Waals surface area contributed by atoms with Gasteiger partial charge in [0, 0.05) is 5.69 Å². The average molecular weight is 528 g/mol. The summed E-state index contributed by atoms with van der Waals surface area (Å²) >= 11 is 0. The number of fused-ring (bicyclic) bond motifs is 1. The first-order chi connectivity index (χ1) is 18.9. The van der Waals surface area contributed by atoms with Gasteiger partial charge in [-0.1, -0.05) is 55.3 Å². The Morgan fingerprint density at radius 2 is 1.64 bits per heavy atom. The largest absolute Gasteiger partial charge is 0.494 e. The first-order valence-electron chi connectivity index (χ1n) is 14.0. The molecule has 6 nitrogen and oxygen atoms in total. The van der Waals surface area contributed by atoms with Crippen molar-refractivity contribution >= 4 is 17.6 Å². The molecule has 1 saturated carbocycles. The number of carboxylic acid groups (broad SMARTS) is 1. The molecule has 0 spiro atoms. The van der Waals surface area contributed by atoms with E-state index in [1.54, 1.807) is 0 Å². The van der Waals surface area contributed by atoms with Crippen molar-refractivity contribution in [1.82, 2.24) is 0 Å². The van der Waals surface area contributed by atoms with Gasteiger partial charge in [-0.2, -0.15) is 0 Å². The number of nitrogens with one attached hydrogen (secondary N) is 1. The van der Waals surface area contributed by atoms with Gasteiger partial charge in [-0.15, -0.1) is 0 Å². The highest BCUT2D eigenvalue weighted by atomic mass is 16.5. The summed E-state index contributed by atoms with van der Waals surface area (Å²) in [5, 5.41) is 12.7. The molecule has 0 heterocycles. The van der Waals surface area contributed by atoms with Crippen molar-refractivity contribution in [2.45, 2.75) is 65.1 Å². The molecule has 0 radical (unpaired) electrons. The van der Waals surface area contributed by atoms with Gasteiger partial charge in [0.25, 0.3) is 0 Å². The number of carbonyl (C=O) groups is 2. The minimum Gasteiger partial charge on any atom is -0.494 e.